The average Bonchev–Trinajstić information content (AvgIpc) is 2.02. The molecule has 0 aliphatic carbocycles. The van der Waals surface area contributed by atoms with E-state index in [1.54, 1.807) is 0 Å². The van der Waals surface area contributed by atoms with Crippen LogP contribution in [0.3, 0.4) is 0 Å². The average molecular weight is 197 g/mol. The lowest BCUT2D eigenvalue weighted by Crippen LogP contribution is -2.53. The molecule has 0 bridgehead atoms. The molecule has 14 heavy (non-hydrogen) atoms. The van der Waals surface area contributed by atoms with Gasteiger partial charge < -0.3 is 16.0 Å². The van der Waals surface area contributed by atoms with Crippen LogP contribution in [-0.2, 0) is 0 Å². The number of amides is 2. The SMILES string of the molecule is CC(C)(C)NC(=O)NC1CCC=CN1. The molecule has 4 heteroatoms. The second-order valence-corrected chi connectivity index (χ2v) is 4.55. The summed E-state index contributed by atoms with van der Waals surface area (Å²) in [6.07, 6.45) is 5.94. The largest absolute Gasteiger partial charge is 0.372 e. The normalized spacial score (nSPS) is 21.2. The maximum Gasteiger partial charge on any atom is 0.316 e. The van der Waals surface area contributed by atoms with Crippen molar-refractivity contribution >= 4 is 6.03 Å². The lowest BCUT2D eigenvalue weighted by atomic mass is 10.1. The summed E-state index contributed by atoms with van der Waals surface area (Å²) >= 11 is 0. The monoisotopic (exact) mass is 197 g/mol. The van der Waals surface area contributed by atoms with E-state index in [9.17, 15) is 4.79 Å². The maximum atomic E-state index is 11.4. The predicted octanol–water partition coefficient (Wildman–Crippen LogP) is 1.31. The minimum absolute atomic E-state index is 0.0577. The molecule has 0 saturated heterocycles. The summed E-state index contributed by atoms with van der Waals surface area (Å²) in [7, 11) is 0. The van der Waals surface area contributed by atoms with Gasteiger partial charge in [-0.2, -0.15) is 0 Å². The number of nitrogens with one attached hydrogen (secondary N) is 3. The van der Waals surface area contributed by atoms with Crippen LogP contribution < -0.4 is 16.0 Å². The molecule has 4 nitrogen and oxygen atoms in total. The first-order chi connectivity index (χ1) is 6.47. The van der Waals surface area contributed by atoms with E-state index in [2.05, 4.69) is 22.0 Å². The van der Waals surface area contributed by atoms with Gasteiger partial charge in [-0.05, 0) is 39.8 Å². The zero-order chi connectivity index (χ0) is 10.6. The molecular weight excluding hydrogens is 178 g/mol. The first-order valence-corrected chi connectivity index (χ1v) is 4.97. The highest BCUT2D eigenvalue weighted by Gasteiger charge is 2.16. The molecule has 1 aliphatic heterocycles. The van der Waals surface area contributed by atoms with E-state index in [0.717, 1.165) is 12.8 Å². The lowest BCUT2D eigenvalue weighted by molar-refractivity contribution is 0.225. The maximum absolute atomic E-state index is 11.4. The fraction of sp³-hybridized carbons (Fsp3) is 0.700. The van der Waals surface area contributed by atoms with Gasteiger partial charge in [0.05, 0.1) is 0 Å². The van der Waals surface area contributed by atoms with E-state index >= 15 is 0 Å². The van der Waals surface area contributed by atoms with Gasteiger partial charge in [-0.25, -0.2) is 4.79 Å². The van der Waals surface area contributed by atoms with Gasteiger partial charge in [0.25, 0.3) is 0 Å². The molecule has 0 fully saturated rings. The molecule has 80 valence electrons. The van der Waals surface area contributed by atoms with Crippen LogP contribution in [0.5, 0.6) is 0 Å². The van der Waals surface area contributed by atoms with E-state index in [0.29, 0.717) is 0 Å². The Labute approximate surface area is 85.1 Å². The molecule has 0 aromatic rings. The molecule has 1 unspecified atom stereocenters. The number of carbonyl (C=O) groups excluding carboxylic acids is 1. The molecule has 1 rings (SSSR count). The number of urea groups is 1. The van der Waals surface area contributed by atoms with Gasteiger partial charge in [0.1, 0.15) is 6.17 Å². The third-order valence-electron chi connectivity index (χ3n) is 1.83. The minimum Gasteiger partial charge on any atom is -0.372 e. The Bertz CT molecular complexity index is 230. The van der Waals surface area contributed by atoms with Crippen molar-refractivity contribution in [3.63, 3.8) is 0 Å². The van der Waals surface area contributed by atoms with Crippen LogP contribution in [0, 0.1) is 0 Å². The van der Waals surface area contributed by atoms with Crippen molar-refractivity contribution in [3.05, 3.63) is 12.3 Å². The number of hydrogen-bond acceptors (Lipinski definition) is 2. The summed E-state index contributed by atoms with van der Waals surface area (Å²) in [4.78, 5) is 11.4. The first-order valence-electron chi connectivity index (χ1n) is 4.97. The molecule has 1 heterocycles. The van der Waals surface area contributed by atoms with Crippen LogP contribution in [0.2, 0.25) is 0 Å². The number of allylic oxidation sites excluding steroid dienone is 1. The predicted molar refractivity (Wildman–Crippen MR) is 56.7 cm³/mol. The third-order valence-corrected chi connectivity index (χ3v) is 1.83. The van der Waals surface area contributed by atoms with Gasteiger partial charge in [-0.1, -0.05) is 6.08 Å². The number of carbonyl (C=O) groups is 1. The molecule has 0 spiro atoms. The van der Waals surface area contributed by atoms with Gasteiger partial charge in [-0.3, -0.25) is 0 Å². The molecule has 0 saturated carbocycles. The fourth-order valence-corrected chi connectivity index (χ4v) is 1.26. The van der Waals surface area contributed by atoms with Gasteiger partial charge in [0.2, 0.25) is 0 Å². The first kappa shape index (κ1) is 10.9. The van der Waals surface area contributed by atoms with Crippen LogP contribution >= 0.6 is 0 Å². The van der Waals surface area contributed by atoms with Gasteiger partial charge >= 0.3 is 6.03 Å². The summed E-state index contributed by atoms with van der Waals surface area (Å²) in [6.45, 7) is 5.88. The Kier molecular flexibility index (Phi) is 3.38. The highest BCUT2D eigenvalue weighted by molar-refractivity contribution is 5.74. The Morgan fingerprint density at radius 2 is 2.21 bits per heavy atom. The minimum atomic E-state index is -0.186. The summed E-state index contributed by atoms with van der Waals surface area (Å²) in [5.74, 6) is 0. The van der Waals surface area contributed by atoms with E-state index in [-0.39, 0.29) is 17.7 Å². The second-order valence-electron chi connectivity index (χ2n) is 4.55. The molecular formula is C10H19N3O. The van der Waals surface area contributed by atoms with Crippen molar-refractivity contribution in [1.82, 2.24) is 16.0 Å². The summed E-state index contributed by atoms with van der Waals surface area (Å²) in [5, 5.41) is 8.80. The molecule has 0 aromatic heterocycles. The summed E-state index contributed by atoms with van der Waals surface area (Å²) in [5.41, 5.74) is -0.186. The van der Waals surface area contributed by atoms with Crippen LogP contribution in [0.1, 0.15) is 33.6 Å². The van der Waals surface area contributed by atoms with Gasteiger partial charge in [-0.15, -0.1) is 0 Å². The second kappa shape index (κ2) is 4.35. The fourth-order valence-electron chi connectivity index (χ4n) is 1.26. The van der Waals surface area contributed by atoms with Crippen molar-refractivity contribution < 1.29 is 4.79 Å². The van der Waals surface area contributed by atoms with Crippen LogP contribution in [0.4, 0.5) is 4.79 Å². The van der Waals surface area contributed by atoms with Crippen molar-refractivity contribution in [2.45, 2.75) is 45.3 Å². The zero-order valence-electron chi connectivity index (χ0n) is 9.05. The number of hydrogen-bond donors (Lipinski definition) is 3. The van der Waals surface area contributed by atoms with Crippen LogP contribution in [0.25, 0.3) is 0 Å². The smallest absolute Gasteiger partial charge is 0.316 e. The Morgan fingerprint density at radius 3 is 2.71 bits per heavy atom. The summed E-state index contributed by atoms with van der Waals surface area (Å²) in [6, 6.07) is -0.120. The molecule has 0 aromatic carbocycles. The van der Waals surface area contributed by atoms with E-state index in [1.807, 2.05) is 27.0 Å². The molecule has 1 atom stereocenters. The van der Waals surface area contributed by atoms with Crippen molar-refractivity contribution in [2.75, 3.05) is 0 Å². The zero-order valence-corrected chi connectivity index (χ0v) is 9.05. The van der Waals surface area contributed by atoms with Crippen molar-refractivity contribution in [1.29, 1.82) is 0 Å². The Balaban J connectivity index is 2.30. The number of rotatable bonds is 1. The van der Waals surface area contributed by atoms with Gasteiger partial charge in [0.15, 0.2) is 0 Å². The van der Waals surface area contributed by atoms with E-state index < -0.39 is 0 Å². The molecule has 3 N–H and O–H groups in total. The van der Waals surface area contributed by atoms with E-state index in [4.69, 9.17) is 0 Å². The standard InChI is InChI=1S/C10H19N3O/c1-10(2,3)13-9(14)12-8-6-4-5-7-11-8/h5,7-8,11H,4,6H2,1-3H3,(H2,12,13,14). The van der Waals surface area contributed by atoms with E-state index in [1.165, 1.54) is 0 Å². The molecule has 0 radical (unpaired) electrons. The van der Waals surface area contributed by atoms with Crippen molar-refractivity contribution in [2.24, 2.45) is 0 Å². The highest BCUT2D eigenvalue weighted by Crippen LogP contribution is 2.02. The van der Waals surface area contributed by atoms with Crippen LogP contribution in [0.15, 0.2) is 12.3 Å². The highest BCUT2D eigenvalue weighted by atomic mass is 16.2. The van der Waals surface area contributed by atoms with Crippen LogP contribution in [-0.4, -0.2) is 17.7 Å². The third kappa shape index (κ3) is 4.16. The Hall–Kier alpha value is -1.19. The Morgan fingerprint density at radius 1 is 1.50 bits per heavy atom. The summed E-state index contributed by atoms with van der Waals surface area (Å²) < 4.78 is 0. The topological polar surface area (TPSA) is 53.2 Å². The van der Waals surface area contributed by atoms with Gasteiger partial charge in [0, 0.05) is 5.54 Å². The molecule has 2 amide bonds. The molecule has 1 aliphatic rings. The van der Waals surface area contributed by atoms with Crippen molar-refractivity contribution in [3.8, 4) is 0 Å². The quantitative estimate of drug-likeness (QED) is 0.593. The lowest BCUT2D eigenvalue weighted by Gasteiger charge is -2.25.